The van der Waals surface area contributed by atoms with E-state index in [1.807, 2.05) is 30.3 Å². The number of hydrogen-bond acceptors (Lipinski definition) is 3. The predicted octanol–water partition coefficient (Wildman–Crippen LogP) is 2.02. The highest BCUT2D eigenvalue weighted by atomic mass is 16.2. The molecule has 1 unspecified atom stereocenters. The molecular formula is C19H25N3O3. The minimum atomic E-state index is -0.449. The van der Waals surface area contributed by atoms with E-state index in [4.69, 9.17) is 0 Å². The number of likely N-dealkylation sites (tertiary alicyclic amines) is 2. The summed E-state index contributed by atoms with van der Waals surface area (Å²) in [5, 5.41) is 2.88. The second-order valence-electron chi connectivity index (χ2n) is 6.73. The fourth-order valence-corrected chi connectivity index (χ4v) is 3.54. The van der Waals surface area contributed by atoms with Gasteiger partial charge in [0.05, 0.1) is 6.54 Å². The van der Waals surface area contributed by atoms with E-state index in [1.54, 1.807) is 9.80 Å². The Balaban J connectivity index is 1.61. The first kappa shape index (κ1) is 17.5. The minimum Gasteiger partial charge on any atom is -0.333 e. The molecule has 0 aliphatic carbocycles. The Labute approximate surface area is 148 Å². The van der Waals surface area contributed by atoms with Crippen molar-refractivity contribution in [2.24, 2.45) is 0 Å². The Bertz CT molecular complexity index is 632. The van der Waals surface area contributed by atoms with Crippen molar-refractivity contribution in [3.05, 3.63) is 30.3 Å². The summed E-state index contributed by atoms with van der Waals surface area (Å²) in [6.07, 6.45) is 4.87. The van der Waals surface area contributed by atoms with Crippen molar-refractivity contribution >= 4 is 23.4 Å². The summed E-state index contributed by atoms with van der Waals surface area (Å²) in [4.78, 5) is 40.6. The van der Waals surface area contributed by atoms with E-state index in [9.17, 15) is 14.4 Å². The molecule has 0 bridgehead atoms. The molecule has 2 saturated heterocycles. The summed E-state index contributed by atoms with van der Waals surface area (Å²) >= 11 is 0. The van der Waals surface area contributed by atoms with E-state index in [2.05, 4.69) is 5.32 Å². The maximum Gasteiger partial charge on any atom is 0.247 e. The fraction of sp³-hybridized carbons (Fsp3) is 0.526. The van der Waals surface area contributed by atoms with Gasteiger partial charge in [-0.3, -0.25) is 14.4 Å². The highest BCUT2D eigenvalue weighted by Gasteiger charge is 2.35. The quantitative estimate of drug-likeness (QED) is 0.909. The summed E-state index contributed by atoms with van der Waals surface area (Å²) < 4.78 is 0. The van der Waals surface area contributed by atoms with E-state index < -0.39 is 6.04 Å². The number of nitrogens with zero attached hydrogens (tertiary/aromatic N) is 2. The van der Waals surface area contributed by atoms with Gasteiger partial charge in [0.1, 0.15) is 6.04 Å². The van der Waals surface area contributed by atoms with Crippen LogP contribution in [0.1, 0.15) is 38.5 Å². The molecule has 1 aromatic carbocycles. The number of carbonyl (C=O) groups is 3. The van der Waals surface area contributed by atoms with E-state index in [0.717, 1.165) is 31.4 Å². The van der Waals surface area contributed by atoms with Gasteiger partial charge in [-0.1, -0.05) is 24.6 Å². The van der Waals surface area contributed by atoms with Gasteiger partial charge in [0.15, 0.2) is 0 Å². The Morgan fingerprint density at radius 2 is 1.84 bits per heavy atom. The lowest BCUT2D eigenvalue weighted by Crippen LogP contribution is -2.48. The van der Waals surface area contributed by atoms with Gasteiger partial charge in [-0.25, -0.2) is 0 Å². The van der Waals surface area contributed by atoms with Gasteiger partial charge in [-0.2, -0.15) is 0 Å². The number of hydrogen-bond donors (Lipinski definition) is 1. The van der Waals surface area contributed by atoms with E-state index in [1.165, 1.54) is 0 Å². The van der Waals surface area contributed by atoms with Crippen LogP contribution < -0.4 is 5.32 Å². The third kappa shape index (κ3) is 4.38. The lowest BCUT2D eigenvalue weighted by Gasteiger charge is -2.27. The van der Waals surface area contributed by atoms with Crippen molar-refractivity contribution in [3.63, 3.8) is 0 Å². The molecule has 2 aliphatic rings. The molecule has 25 heavy (non-hydrogen) atoms. The van der Waals surface area contributed by atoms with Crippen LogP contribution in [0.15, 0.2) is 30.3 Å². The van der Waals surface area contributed by atoms with E-state index in [0.29, 0.717) is 25.9 Å². The van der Waals surface area contributed by atoms with Crippen molar-refractivity contribution in [1.82, 2.24) is 9.80 Å². The average molecular weight is 343 g/mol. The molecule has 3 rings (SSSR count). The molecule has 0 saturated carbocycles. The summed E-state index contributed by atoms with van der Waals surface area (Å²) in [5.74, 6) is -0.226. The van der Waals surface area contributed by atoms with Crippen LogP contribution in [0.25, 0.3) is 0 Å². The van der Waals surface area contributed by atoms with Crippen LogP contribution in [0.2, 0.25) is 0 Å². The van der Waals surface area contributed by atoms with Gasteiger partial charge in [0.2, 0.25) is 17.7 Å². The van der Waals surface area contributed by atoms with Crippen LogP contribution >= 0.6 is 0 Å². The molecule has 6 nitrogen and oxygen atoms in total. The van der Waals surface area contributed by atoms with Crippen LogP contribution in [0.3, 0.4) is 0 Å². The van der Waals surface area contributed by atoms with Gasteiger partial charge >= 0.3 is 0 Å². The highest BCUT2D eigenvalue weighted by Crippen LogP contribution is 2.20. The first-order valence-corrected chi connectivity index (χ1v) is 9.08. The number of carbonyl (C=O) groups excluding carboxylic acids is 3. The van der Waals surface area contributed by atoms with Crippen molar-refractivity contribution in [2.45, 2.75) is 44.6 Å². The molecule has 2 heterocycles. The molecule has 0 spiro atoms. The van der Waals surface area contributed by atoms with Crippen molar-refractivity contribution in [2.75, 3.05) is 25.0 Å². The first-order valence-electron chi connectivity index (χ1n) is 9.08. The zero-order chi connectivity index (χ0) is 17.6. The lowest BCUT2D eigenvalue weighted by molar-refractivity contribution is -0.142. The zero-order valence-electron chi connectivity index (χ0n) is 14.4. The first-order chi connectivity index (χ1) is 12.1. The monoisotopic (exact) mass is 343 g/mol. The van der Waals surface area contributed by atoms with Gasteiger partial charge in [0, 0.05) is 25.2 Å². The molecule has 1 aromatic rings. The molecule has 2 aliphatic heterocycles. The van der Waals surface area contributed by atoms with Gasteiger partial charge in [0.25, 0.3) is 0 Å². The van der Waals surface area contributed by atoms with Crippen LogP contribution in [0, 0.1) is 0 Å². The van der Waals surface area contributed by atoms with E-state index >= 15 is 0 Å². The number of rotatable bonds is 4. The van der Waals surface area contributed by atoms with Crippen LogP contribution in [0.4, 0.5) is 5.69 Å². The molecule has 1 atom stereocenters. The van der Waals surface area contributed by atoms with Crippen LogP contribution in [-0.2, 0) is 14.4 Å². The van der Waals surface area contributed by atoms with Crippen LogP contribution in [-0.4, -0.2) is 53.2 Å². The van der Waals surface area contributed by atoms with Crippen LogP contribution in [0.5, 0.6) is 0 Å². The summed E-state index contributed by atoms with van der Waals surface area (Å²) in [5.41, 5.74) is 0.731. The standard InChI is InChI=1S/C19H25N3O3/c23-17-11-5-2-6-12-21(17)14-18(24)22-13-7-10-16(22)19(25)20-15-8-3-1-4-9-15/h1,3-4,8-9,16H,2,5-7,10-14H2,(H,20,25). The second-order valence-corrected chi connectivity index (χ2v) is 6.73. The molecule has 0 aromatic heterocycles. The predicted molar refractivity (Wildman–Crippen MR) is 94.9 cm³/mol. The van der Waals surface area contributed by atoms with Crippen molar-refractivity contribution in [1.29, 1.82) is 0 Å². The maximum atomic E-state index is 12.7. The Hall–Kier alpha value is -2.37. The minimum absolute atomic E-state index is 0.0512. The molecular weight excluding hydrogens is 318 g/mol. The SMILES string of the molecule is O=C(Nc1ccccc1)C1CCCN1C(=O)CN1CCCCCC1=O. The Kier molecular flexibility index (Phi) is 5.68. The number of benzene rings is 1. The van der Waals surface area contributed by atoms with Gasteiger partial charge in [-0.15, -0.1) is 0 Å². The summed E-state index contributed by atoms with van der Waals surface area (Å²) in [7, 11) is 0. The Morgan fingerprint density at radius 1 is 1.04 bits per heavy atom. The Morgan fingerprint density at radius 3 is 2.64 bits per heavy atom. The molecule has 0 radical (unpaired) electrons. The molecule has 1 N–H and O–H groups in total. The van der Waals surface area contributed by atoms with Gasteiger partial charge < -0.3 is 15.1 Å². The zero-order valence-corrected chi connectivity index (χ0v) is 14.4. The smallest absolute Gasteiger partial charge is 0.247 e. The number of nitrogens with one attached hydrogen (secondary N) is 1. The summed E-state index contributed by atoms with van der Waals surface area (Å²) in [6, 6.07) is 8.81. The van der Waals surface area contributed by atoms with Crippen molar-refractivity contribution in [3.8, 4) is 0 Å². The largest absolute Gasteiger partial charge is 0.333 e. The number of amides is 3. The van der Waals surface area contributed by atoms with Gasteiger partial charge in [-0.05, 0) is 37.8 Å². The van der Waals surface area contributed by atoms with Crippen molar-refractivity contribution < 1.29 is 14.4 Å². The third-order valence-electron chi connectivity index (χ3n) is 4.91. The van der Waals surface area contributed by atoms with E-state index in [-0.39, 0.29) is 24.3 Å². The molecule has 2 fully saturated rings. The lowest BCUT2D eigenvalue weighted by atomic mass is 10.2. The topological polar surface area (TPSA) is 69.7 Å². The second kappa shape index (κ2) is 8.14. The highest BCUT2D eigenvalue weighted by molar-refractivity contribution is 5.98. The maximum absolute atomic E-state index is 12.7. The molecule has 6 heteroatoms. The number of anilines is 1. The average Bonchev–Trinajstić information content (AvgIpc) is 3.02. The molecule has 134 valence electrons. The molecule has 3 amide bonds. The fourth-order valence-electron chi connectivity index (χ4n) is 3.54. The summed E-state index contributed by atoms with van der Waals surface area (Å²) in [6.45, 7) is 1.31. The normalized spacial score (nSPS) is 21.1. The number of para-hydroxylation sites is 1. The third-order valence-corrected chi connectivity index (χ3v) is 4.91.